The van der Waals surface area contributed by atoms with Crippen molar-refractivity contribution < 1.29 is 4.74 Å². The van der Waals surface area contributed by atoms with Gasteiger partial charge in [-0.1, -0.05) is 23.7 Å². The van der Waals surface area contributed by atoms with Crippen LogP contribution in [-0.4, -0.2) is 23.8 Å². The van der Waals surface area contributed by atoms with E-state index in [1.54, 1.807) is 25.4 Å². The van der Waals surface area contributed by atoms with E-state index in [-0.39, 0.29) is 0 Å². The molecule has 0 radical (unpaired) electrons. The minimum atomic E-state index is 0.499. The molecule has 0 aliphatic carbocycles. The molecule has 2 aromatic rings. The van der Waals surface area contributed by atoms with Crippen molar-refractivity contribution in [2.45, 2.75) is 6.42 Å². The highest BCUT2D eigenvalue weighted by atomic mass is 35.5. The molecule has 0 aliphatic rings. The summed E-state index contributed by atoms with van der Waals surface area (Å²) in [5.74, 6) is 1.41. The summed E-state index contributed by atoms with van der Waals surface area (Å²) < 4.78 is 5.19. The van der Waals surface area contributed by atoms with Gasteiger partial charge < -0.3 is 15.4 Å². The molecule has 4 nitrogen and oxygen atoms in total. The second kappa shape index (κ2) is 7.81. The Morgan fingerprint density at radius 1 is 1.33 bits per heavy atom. The number of hydrogen-bond acceptors (Lipinski definition) is 3. The Morgan fingerprint density at radius 2 is 2.19 bits per heavy atom. The predicted octanol–water partition coefficient (Wildman–Crippen LogP) is 3.27. The van der Waals surface area contributed by atoms with Gasteiger partial charge in [-0.15, -0.1) is 0 Å². The van der Waals surface area contributed by atoms with Crippen LogP contribution in [0, 0.1) is 0 Å². The number of benzene rings is 1. The molecule has 0 atom stereocenters. The molecule has 1 heterocycles. The van der Waals surface area contributed by atoms with E-state index in [1.165, 1.54) is 5.56 Å². The molecular weight excluding hydrogens is 306 g/mol. The number of methoxy groups -OCH3 is 1. The third-order valence-corrected chi connectivity index (χ3v) is 3.38. The van der Waals surface area contributed by atoms with Crippen molar-refractivity contribution in [1.29, 1.82) is 0 Å². The summed E-state index contributed by atoms with van der Waals surface area (Å²) >= 11 is 11.2. The number of anilines is 1. The number of halogens is 1. The van der Waals surface area contributed by atoms with Crippen LogP contribution in [0.15, 0.2) is 42.6 Å². The van der Waals surface area contributed by atoms with Crippen molar-refractivity contribution in [2.75, 3.05) is 19.0 Å². The van der Waals surface area contributed by atoms with Crippen LogP contribution in [0.25, 0.3) is 0 Å². The molecule has 21 heavy (non-hydrogen) atoms. The normalized spacial score (nSPS) is 10.0. The Bertz CT molecular complexity index is 621. The monoisotopic (exact) mass is 321 g/mol. The molecule has 0 spiro atoms. The topological polar surface area (TPSA) is 46.2 Å². The summed E-state index contributed by atoms with van der Waals surface area (Å²) in [6.45, 7) is 0.712. The lowest BCUT2D eigenvalue weighted by atomic mass is 10.1. The molecule has 0 bridgehead atoms. The molecule has 2 N–H and O–H groups in total. The lowest BCUT2D eigenvalue weighted by Gasteiger charge is -2.11. The average Bonchev–Trinajstić information content (AvgIpc) is 2.50. The standard InChI is InChI=1S/C15H16ClN3OS/c1-20-12-5-2-4-11(10-12)7-9-18-15(21)19-14-13(16)6-3-8-17-14/h2-6,8,10H,7,9H2,1H3,(H2,17,18,19,21). The van der Waals surface area contributed by atoms with Gasteiger partial charge in [-0.2, -0.15) is 0 Å². The van der Waals surface area contributed by atoms with E-state index < -0.39 is 0 Å². The second-order valence-corrected chi connectivity index (χ2v) is 5.13. The number of pyridine rings is 1. The molecule has 0 unspecified atom stereocenters. The van der Waals surface area contributed by atoms with Gasteiger partial charge in [0.1, 0.15) is 5.75 Å². The van der Waals surface area contributed by atoms with Crippen LogP contribution in [0.3, 0.4) is 0 Å². The molecular formula is C15H16ClN3OS. The largest absolute Gasteiger partial charge is 0.497 e. The molecule has 0 amide bonds. The zero-order valence-corrected chi connectivity index (χ0v) is 13.2. The minimum absolute atomic E-state index is 0.499. The van der Waals surface area contributed by atoms with Crippen LogP contribution in [0.5, 0.6) is 5.75 Å². The fraction of sp³-hybridized carbons (Fsp3) is 0.200. The van der Waals surface area contributed by atoms with E-state index >= 15 is 0 Å². The smallest absolute Gasteiger partial charge is 0.171 e. The van der Waals surface area contributed by atoms with Crippen molar-refractivity contribution in [3.05, 3.63) is 53.2 Å². The highest BCUT2D eigenvalue weighted by Crippen LogP contribution is 2.17. The number of rotatable bonds is 5. The van der Waals surface area contributed by atoms with Gasteiger partial charge in [0.2, 0.25) is 0 Å². The van der Waals surface area contributed by atoms with Crippen molar-refractivity contribution in [2.24, 2.45) is 0 Å². The maximum atomic E-state index is 6.01. The lowest BCUT2D eigenvalue weighted by Crippen LogP contribution is -2.30. The molecule has 0 saturated heterocycles. The van der Waals surface area contributed by atoms with E-state index in [1.807, 2.05) is 18.2 Å². The molecule has 1 aromatic carbocycles. The third-order valence-electron chi connectivity index (χ3n) is 2.82. The van der Waals surface area contributed by atoms with Crippen LogP contribution in [0.4, 0.5) is 5.82 Å². The Morgan fingerprint density at radius 3 is 2.95 bits per heavy atom. The van der Waals surface area contributed by atoms with Crippen LogP contribution in [-0.2, 0) is 6.42 Å². The zero-order chi connectivity index (χ0) is 15.1. The lowest BCUT2D eigenvalue weighted by molar-refractivity contribution is 0.414. The predicted molar refractivity (Wildman–Crippen MR) is 90.2 cm³/mol. The third kappa shape index (κ3) is 4.88. The highest BCUT2D eigenvalue weighted by Gasteiger charge is 2.03. The van der Waals surface area contributed by atoms with Crippen LogP contribution in [0.1, 0.15) is 5.56 Å². The summed E-state index contributed by atoms with van der Waals surface area (Å²) in [6.07, 6.45) is 2.50. The first-order valence-corrected chi connectivity index (χ1v) is 7.26. The van der Waals surface area contributed by atoms with Gasteiger partial charge in [-0.3, -0.25) is 0 Å². The number of thiocarbonyl (C=S) groups is 1. The molecule has 110 valence electrons. The highest BCUT2D eigenvalue weighted by molar-refractivity contribution is 7.80. The van der Waals surface area contributed by atoms with Crippen molar-refractivity contribution in [1.82, 2.24) is 10.3 Å². The van der Waals surface area contributed by atoms with Crippen molar-refractivity contribution in [3.8, 4) is 5.75 Å². The Kier molecular flexibility index (Phi) is 5.78. The van der Waals surface area contributed by atoms with E-state index in [2.05, 4.69) is 21.7 Å². The zero-order valence-electron chi connectivity index (χ0n) is 11.6. The Balaban J connectivity index is 1.80. The number of nitrogens with zero attached hydrogens (tertiary/aromatic N) is 1. The van der Waals surface area contributed by atoms with Crippen LogP contribution in [0.2, 0.25) is 5.02 Å². The first-order valence-electron chi connectivity index (χ1n) is 6.47. The first kappa shape index (κ1) is 15.5. The van der Waals surface area contributed by atoms with Gasteiger partial charge in [0.15, 0.2) is 10.9 Å². The number of hydrogen-bond donors (Lipinski definition) is 2. The minimum Gasteiger partial charge on any atom is -0.497 e. The first-order chi connectivity index (χ1) is 10.2. The molecule has 1 aromatic heterocycles. The summed E-state index contributed by atoms with van der Waals surface area (Å²) in [4.78, 5) is 4.12. The van der Waals surface area contributed by atoms with Gasteiger partial charge in [-0.05, 0) is 48.5 Å². The van der Waals surface area contributed by atoms with Crippen molar-refractivity contribution >= 4 is 34.7 Å². The van der Waals surface area contributed by atoms with Crippen LogP contribution >= 0.6 is 23.8 Å². The number of aromatic nitrogens is 1. The second-order valence-electron chi connectivity index (χ2n) is 4.32. The van der Waals surface area contributed by atoms with Gasteiger partial charge in [0.25, 0.3) is 0 Å². The average molecular weight is 322 g/mol. The Hall–Kier alpha value is -1.85. The number of ether oxygens (including phenoxy) is 1. The van der Waals surface area contributed by atoms with E-state index in [9.17, 15) is 0 Å². The van der Waals surface area contributed by atoms with Crippen LogP contribution < -0.4 is 15.4 Å². The summed E-state index contributed by atoms with van der Waals surface area (Å²) in [5.41, 5.74) is 1.18. The SMILES string of the molecule is COc1cccc(CCNC(=S)Nc2ncccc2Cl)c1. The fourth-order valence-electron chi connectivity index (χ4n) is 1.78. The fourth-order valence-corrected chi connectivity index (χ4v) is 2.15. The van der Waals surface area contributed by atoms with Gasteiger partial charge in [-0.25, -0.2) is 4.98 Å². The van der Waals surface area contributed by atoms with Gasteiger partial charge >= 0.3 is 0 Å². The maximum absolute atomic E-state index is 6.01. The van der Waals surface area contributed by atoms with E-state index in [0.717, 1.165) is 12.2 Å². The molecule has 6 heteroatoms. The molecule has 0 aliphatic heterocycles. The molecule has 2 rings (SSSR count). The van der Waals surface area contributed by atoms with Crippen molar-refractivity contribution in [3.63, 3.8) is 0 Å². The summed E-state index contributed by atoms with van der Waals surface area (Å²) in [5, 5.41) is 7.13. The summed E-state index contributed by atoms with van der Waals surface area (Å²) in [7, 11) is 1.66. The van der Waals surface area contributed by atoms with Gasteiger partial charge in [0.05, 0.1) is 12.1 Å². The quantitative estimate of drug-likeness (QED) is 0.828. The number of nitrogens with one attached hydrogen (secondary N) is 2. The summed E-state index contributed by atoms with van der Waals surface area (Å²) in [6, 6.07) is 11.5. The van der Waals surface area contributed by atoms with Gasteiger partial charge in [0, 0.05) is 12.7 Å². The van der Waals surface area contributed by atoms with E-state index in [4.69, 9.17) is 28.6 Å². The maximum Gasteiger partial charge on any atom is 0.171 e. The molecule has 0 fully saturated rings. The molecule has 0 saturated carbocycles. The van der Waals surface area contributed by atoms with E-state index in [0.29, 0.717) is 22.5 Å². The Labute approximate surface area is 134 Å².